The van der Waals surface area contributed by atoms with Crippen molar-refractivity contribution in [3.8, 4) is 0 Å². The van der Waals surface area contributed by atoms with Gasteiger partial charge in [-0.05, 0) is 38.3 Å². The average molecular weight is 356 g/mol. The molecule has 2 aromatic rings. The van der Waals surface area contributed by atoms with Crippen molar-refractivity contribution in [2.45, 2.75) is 46.1 Å². The minimum atomic E-state index is -0.0802. The average Bonchev–Trinajstić information content (AvgIpc) is 2.68. The molecule has 6 nitrogen and oxygen atoms in total. The second kappa shape index (κ2) is 8.34. The topological polar surface area (TPSA) is 67.2 Å². The van der Waals surface area contributed by atoms with E-state index in [0.29, 0.717) is 18.9 Å². The zero-order valence-corrected chi connectivity index (χ0v) is 15.7. The Balaban J connectivity index is 1.85. The van der Waals surface area contributed by atoms with Gasteiger partial charge in [-0.15, -0.1) is 0 Å². The number of aryl methyl sites for hydroxylation is 1. The van der Waals surface area contributed by atoms with E-state index in [4.69, 9.17) is 0 Å². The van der Waals surface area contributed by atoms with Crippen molar-refractivity contribution in [3.63, 3.8) is 0 Å². The van der Waals surface area contributed by atoms with Gasteiger partial charge >= 0.3 is 0 Å². The minimum absolute atomic E-state index is 0.0711. The Morgan fingerprint density at radius 1 is 1.31 bits per heavy atom. The van der Waals surface area contributed by atoms with Gasteiger partial charge in [-0.2, -0.15) is 0 Å². The molecule has 1 aromatic heterocycles. The summed E-state index contributed by atoms with van der Waals surface area (Å²) in [5.41, 5.74) is 1.60. The van der Waals surface area contributed by atoms with Crippen LogP contribution in [0.5, 0.6) is 0 Å². The van der Waals surface area contributed by atoms with Crippen molar-refractivity contribution in [3.05, 3.63) is 34.6 Å². The second-order valence-corrected chi connectivity index (χ2v) is 6.90. The molecule has 1 saturated heterocycles. The fourth-order valence-electron chi connectivity index (χ4n) is 3.62. The molecule has 1 atom stereocenters. The van der Waals surface area contributed by atoms with Gasteiger partial charge in [0.05, 0.1) is 17.0 Å². The third kappa shape index (κ3) is 3.74. The lowest BCUT2D eigenvalue weighted by Gasteiger charge is -2.32. The van der Waals surface area contributed by atoms with Gasteiger partial charge in [0.15, 0.2) is 5.82 Å². The highest BCUT2D eigenvalue weighted by Crippen LogP contribution is 2.21. The molecule has 0 saturated carbocycles. The van der Waals surface area contributed by atoms with Crippen molar-refractivity contribution in [2.75, 3.05) is 24.5 Å². The molecule has 0 aliphatic carbocycles. The van der Waals surface area contributed by atoms with E-state index in [0.717, 1.165) is 49.8 Å². The molecule has 1 amide bonds. The van der Waals surface area contributed by atoms with Gasteiger partial charge in [-0.3, -0.25) is 9.59 Å². The van der Waals surface area contributed by atoms with Crippen molar-refractivity contribution in [1.29, 1.82) is 0 Å². The number of para-hydroxylation sites is 2. The number of nitrogens with one attached hydrogen (secondary N) is 1. The number of aromatic nitrogens is 2. The third-order valence-electron chi connectivity index (χ3n) is 5.07. The Hall–Kier alpha value is -2.37. The van der Waals surface area contributed by atoms with Crippen LogP contribution in [0.1, 0.15) is 39.5 Å². The van der Waals surface area contributed by atoms with Crippen LogP contribution in [0.3, 0.4) is 0 Å². The maximum Gasteiger partial charge on any atom is 0.293 e. The van der Waals surface area contributed by atoms with Gasteiger partial charge in [0, 0.05) is 26.2 Å². The predicted octanol–water partition coefficient (Wildman–Crippen LogP) is 2.55. The van der Waals surface area contributed by atoms with Crippen molar-refractivity contribution in [2.24, 2.45) is 5.92 Å². The minimum Gasteiger partial charge on any atom is -0.356 e. The number of hydrogen-bond donors (Lipinski definition) is 1. The number of nitrogens with zero attached hydrogens (tertiary/aromatic N) is 3. The highest BCUT2D eigenvalue weighted by Gasteiger charge is 2.28. The molecule has 3 rings (SSSR count). The molecule has 0 bridgehead atoms. The highest BCUT2D eigenvalue weighted by atomic mass is 16.2. The van der Waals surface area contributed by atoms with Gasteiger partial charge in [0.2, 0.25) is 5.91 Å². The largest absolute Gasteiger partial charge is 0.356 e. The van der Waals surface area contributed by atoms with E-state index in [9.17, 15) is 9.59 Å². The highest BCUT2D eigenvalue weighted by molar-refractivity contribution is 5.80. The fraction of sp³-hybridized carbons (Fsp3) is 0.550. The molecular formula is C20H28N4O2. The second-order valence-electron chi connectivity index (χ2n) is 6.90. The molecule has 6 heteroatoms. The lowest BCUT2D eigenvalue weighted by atomic mass is 9.97. The first-order valence-corrected chi connectivity index (χ1v) is 9.68. The third-order valence-corrected chi connectivity index (χ3v) is 5.07. The first-order chi connectivity index (χ1) is 12.7. The molecule has 1 fully saturated rings. The number of anilines is 1. The van der Waals surface area contributed by atoms with Crippen LogP contribution in [0.2, 0.25) is 0 Å². The number of unbranched alkanes of at least 4 members (excludes halogenated alkanes) is 1. The molecule has 2 heterocycles. The van der Waals surface area contributed by atoms with Crippen molar-refractivity contribution in [1.82, 2.24) is 14.9 Å². The summed E-state index contributed by atoms with van der Waals surface area (Å²) in [6, 6.07) is 7.72. The molecule has 1 aliphatic heterocycles. The van der Waals surface area contributed by atoms with Crippen LogP contribution in [0.25, 0.3) is 11.0 Å². The van der Waals surface area contributed by atoms with Crippen LogP contribution in [0.4, 0.5) is 5.82 Å². The molecular weight excluding hydrogens is 328 g/mol. The summed E-state index contributed by atoms with van der Waals surface area (Å²) in [7, 11) is 0. The number of amides is 1. The standard InChI is InChI=1S/C20H28N4O2/c1-3-5-12-21-19(25)15-9-8-13-23(14-15)18-20(26)24(4-2)17-11-7-6-10-16(17)22-18/h6-7,10-11,15H,3-5,8-9,12-14H2,1-2H3,(H,21,25). The Kier molecular flexibility index (Phi) is 5.91. The molecule has 0 radical (unpaired) electrons. The lowest BCUT2D eigenvalue weighted by Crippen LogP contribution is -2.45. The van der Waals surface area contributed by atoms with E-state index >= 15 is 0 Å². The lowest BCUT2D eigenvalue weighted by molar-refractivity contribution is -0.125. The van der Waals surface area contributed by atoms with Gasteiger partial charge in [-0.1, -0.05) is 25.5 Å². The molecule has 0 spiro atoms. The number of hydrogen-bond acceptors (Lipinski definition) is 4. The van der Waals surface area contributed by atoms with Crippen molar-refractivity contribution < 1.29 is 4.79 Å². The molecule has 140 valence electrons. The first kappa shape index (κ1) is 18.4. The summed E-state index contributed by atoms with van der Waals surface area (Å²) in [5.74, 6) is 0.486. The van der Waals surface area contributed by atoms with E-state index in [1.54, 1.807) is 4.57 Å². The van der Waals surface area contributed by atoms with Gasteiger partial charge in [0.25, 0.3) is 5.56 Å². The molecule has 1 unspecified atom stereocenters. The summed E-state index contributed by atoms with van der Waals surface area (Å²) >= 11 is 0. The predicted molar refractivity (Wildman–Crippen MR) is 105 cm³/mol. The maximum absolute atomic E-state index is 13.0. The van der Waals surface area contributed by atoms with Crippen LogP contribution in [-0.4, -0.2) is 35.1 Å². The summed E-state index contributed by atoms with van der Waals surface area (Å²) in [6.45, 7) is 6.73. The number of fused-ring (bicyclic) bond motifs is 1. The van der Waals surface area contributed by atoms with Crippen LogP contribution < -0.4 is 15.8 Å². The van der Waals surface area contributed by atoms with E-state index in [1.807, 2.05) is 36.1 Å². The summed E-state index contributed by atoms with van der Waals surface area (Å²) in [4.78, 5) is 32.0. The van der Waals surface area contributed by atoms with E-state index in [1.165, 1.54) is 0 Å². The van der Waals surface area contributed by atoms with E-state index in [2.05, 4.69) is 17.2 Å². The zero-order chi connectivity index (χ0) is 18.5. The molecule has 26 heavy (non-hydrogen) atoms. The quantitative estimate of drug-likeness (QED) is 0.808. The molecule has 1 aromatic carbocycles. The maximum atomic E-state index is 13.0. The van der Waals surface area contributed by atoms with E-state index < -0.39 is 0 Å². The van der Waals surface area contributed by atoms with Gasteiger partial charge in [-0.25, -0.2) is 4.98 Å². The Labute approximate surface area is 154 Å². The zero-order valence-electron chi connectivity index (χ0n) is 15.7. The van der Waals surface area contributed by atoms with Crippen LogP contribution in [0.15, 0.2) is 29.1 Å². The Morgan fingerprint density at radius 2 is 2.12 bits per heavy atom. The summed E-state index contributed by atoms with van der Waals surface area (Å²) in [5, 5.41) is 3.02. The molecule has 1 N–H and O–H groups in total. The SMILES string of the molecule is CCCCNC(=O)C1CCCN(c2nc3ccccc3n(CC)c2=O)C1. The fourth-order valence-corrected chi connectivity index (χ4v) is 3.62. The number of piperidine rings is 1. The number of carbonyl (C=O) groups is 1. The molecule has 1 aliphatic rings. The van der Waals surface area contributed by atoms with Crippen LogP contribution >= 0.6 is 0 Å². The number of carbonyl (C=O) groups excluding carboxylic acids is 1. The van der Waals surface area contributed by atoms with Gasteiger partial charge in [0.1, 0.15) is 0 Å². The monoisotopic (exact) mass is 356 g/mol. The van der Waals surface area contributed by atoms with E-state index in [-0.39, 0.29) is 17.4 Å². The van der Waals surface area contributed by atoms with Crippen LogP contribution in [-0.2, 0) is 11.3 Å². The van der Waals surface area contributed by atoms with Crippen LogP contribution in [0, 0.1) is 5.92 Å². The smallest absolute Gasteiger partial charge is 0.293 e. The summed E-state index contributed by atoms with van der Waals surface area (Å²) < 4.78 is 1.77. The Bertz CT molecular complexity index is 830. The summed E-state index contributed by atoms with van der Waals surface area (Å²) in [6.07, 6.45) is 3.82. The Morgan fingerprint density at radius 3 is 2.88 bits per heavy atom. The first-order valence-electron chi connectivity index (χ1n) is 9.68. The van der Waals surface area contributed by atoms with Gasteiger partial charge < -0.3 is 14.8 Å². The number of rotatable bonds is 6. The number of benzene rings is 1. The normalized spacial score (nSPS) is 17.5. The van der Waals surface area contributed by atoms with Crippen molar-refractivity contribution >= 4 is 22.8 Å².